The van der Waals surface area contributed by atoms with E-state index in [2.05, 4.69) is 49.2 Å². The molecule has 2 aromatic carbocycles. The summed E-state index contributed by atoms with van der Waals surface area (Å²) >= 11 is 1.67. The number of hydrogen-bond donors (Lipinski definition) is 1. The lowest BCUT2D eigenvalue weighted by Crippen LogP contribution is -2.08. The van der Waals surface area contributed by atoms with Crippen LogP contribution in [-0.4, -0.2) is 48.8 Å². The van der Waals surface area contributed by atoms with Crippen LogP contribution in [-0.2, 0) is 33.9 Å². The van der Waals surface area contributed by atoms with Gasteiger partial charge in [0.2, 0.25) is 5.88 Å². The quantitative estimate of drug-likeness (QED) is 0.240. The minimum atomic E-state index is -3.00. The molecular weight excluding hydrogens is 558 g/mol. The van der Waals surface area contributed by atoms with Crippen LogP contribution in [0.15, 0.2) is 47.5 Å². The molecule has 1 unspecified atom stereocenters. The number of pyridine rings is 1. The molecule has 7 nitrogen and oxygen atoms in total. The van der Waals surface area contributed by atoms with Crippen LogP contribution >= 0.6 is 11.8 Å². The fourth-order valence-corrected chi connectivity index (χ4v) is 7.83. The third kappa shape index (κ3) is 6.72. The van der Waals surface area contributed by atoms with Crippen molar-refractivity contribution in [1.29, 1.82) is 0 Å². The van der Waals surface area contributed by atoms with E-state index in [4.69, 9.17) is 9.47 Å². The Morgan fingerprint density at radius 3 is 2.56 bits per heavy atom. The standard InChI is InChI=1S/C32H37NO6S2/c1-4-20-14-23(38-12-7-13-41(3,36)37)15-21(5-2)32(20)26-9-6-8-25-24(26)10-11-28(25)39-30-17-29-27(18-33-30)22(19-40-29)16-31(34)35/h6,8-9,14-15,17-18,22,28H,4-5,7,10-13,16,19H2,1-3H3,(H,34,35)/t22-,28?/m1/s1. The molecular formula is C32H37NO6S2. The predicted molar refractivity (Wildman–Crippen MR) is 162 cm³/mol. The van der Waals surface area contributed by atoms with E-state index in [1.807, 2.05) is 6.07 Å². The average molecular weight is 596 g/mol. The topological polar surface area (TPSA) is 103 Å². The summed E-state index contributed by atoms with van der Waals surface area (Å²) in [7, 11) is -3.00. The normalized spacial score (nSPS) is 17.7. The van der Waals surface area contributed by atoms with Crippen LogP contribution in [0.3, 0.4) is 0 Å². The molecule has 0 radical (unpaired) electrons. The molecule has 3 aromatic rings. The van der Waals surface area contributed by atoms with Crippen LogP contribution in [0.1, 0.15) is 72.9 Å². The number of aromatic nitrogens is 1. The van der Waals surface area contributed by atoms with E-state index in [0.717, 1.165) is 47.6 Å². The molecule has 2 heterocycles. The Kier molecular flexibility index (Phi) is 8.94. The van der Waals surface area contributed by atoms with Crippen molar-refractivity contribution < 1.29 is 27.8 Å². The minimum absolute atomic E-state index is 0.00592. The first-order valence-corrected chi connectivity index (χ1v) is 17.3. The number of aliphatic carboxylic acids is 1. The number of sulfone groups is 1. The van der Waals surface area contributed by atoms with Gasteiger partial charge in [-0.1, -0.05) is 32.0 Å². The van der Waals surface area contributed by atoms with Crippen molar-refractivity contribution in [3.63, 3.8) is 0 Å². The van der Waals surface area contributed by atoms with Gasteiger partial charge in [0.15, 0.2) is 0 Å². The highest BCUT2D eigenvalue weighted by Gasteiger charge is 2.30. The number of carboxylic acid groups (broad SMARTS) is 1. The van der Waals surface area contributed by atoms with Crippen molar-refractivity contribution in [2.45, 2.75) is 69.3 Å². The number of hydrogen-bond acceptors (Lipinski definition) is 7. The molecule has 1 N–H and O–H groups in total. The summed E-state index contributed by atoms with van der Waals surface area (Å²) in [4.78, 5) is 16.8. The summed E-state index contributed by atoms with van der Waals surface area (Å²) < 4.78 is 35.4. The van der Waals surface area contributed by atoms with Gasteiger partial charge in [-0.2, -0.15) is 0 Å². The summed E-state index contributed by atoms with van der Waals surface area (Å²) in [5.74, 6) is 1.45. The van der Waals surface area contributed by atoms with Crippen LogP contribution in [0.25, 0.3) is 11.1 Å². The summed E-state index contributed by atoms with van der Waals surface area (Å²) in [6.07, 6.45) is 7.02. The number of aryl methyl sites for hydroxylation is 2. The van der Waals surface area contributed by atoms with Gasteiger partial charge >= 0.3 is 5.97 Å². The molecule has 41 heavy (non-hydrogen) atoms. The van der Waals surface area contributed by atoms with Crippen molar-refractivity contribution in [1.82, 2.24) is 4.98 Å². The summed E-state index contributed by atoms with van der Waals surface area (Å²) in [5.41, 5.74) is 8.42. The van der Waals surface area contributed by atoms with Crippen molar-refractivity contribution >= 4 is 27.6 Å². The number of rotatable bonds is 12. The van der Waals surface area contributed by atoms with Gasteiger partial charge in [-0.25, -0.2) is 13.4 Å². The highest BCUT2D eigenvalue weighted by molar-refractivity contribution is 7.99. The van der Waals surface area contributed by atoms with Crippen LogP contribution < -0.4 is 9.47 Å². The maximum atomic E-state index is 11.5. The Morgan fingerprint density at radius 2 is 1.88 bits per heavy atom. The summed E-state index contributed by atoms with van der Waals surface area (Å²) in [5, 5.41) is 9.21. The largest absolute Gasteiger partial charge is 0.494 e. The Morgan fingerprint density at radius 1 is 1.12 bits per heavy atom. The Labute approximate surface area is 246 Å². The Hall–Kier alpha value is -3.04. The number of carbonyl (C=O) groups is 1. The average Bonchev–Trinajstić information content (AvgIpc) is 3.53. The monoisotopic (exact) mass is 595 g/mol. The SMILES string of the molecule is CCc1cc(OCCCS(C)(=O)=O)cc(CC)c1-c1cccc2c1CCC2Oc1cc2c(cn1)[C@H](CC(=O)O)CS2. The number of thioether (sulfide) groups is 1. The van der Waals surface area contributed by atoms with Gasteiger partial charge in [-0.15, -0.1) is 11.8 Å². The van der Waals surface area contributed by atoms with E-state index in [9.17, 15) is 18.3 Å². The van der Waals surface area contributed by atoms with E-state index in [-0.39, 0.29) is 24.2 Å². The smallest absolute Gasteiger partial charge is 0.303 e. The molecule has 5 rings (SSSR count). The fourth-order valence-electron chi connectivity index (χ4n) is 5.94. The lowest BCUT2D eigenvalue weighted by Gasteiger charge is -2.20. The lowest BCUT2D eigenvalue weighted by atomic mass is 9.87. The van der Waals surface area contributed by atoms with Crippen LogP contribution in [0, 0.1) is 0 Å². The van der Waals surface area contributed by atoms with Crippen molar-refractivity contribution in [2.24, 2.45) is 0 Å². The minimum Gasteiger partial charge on any atom is -0.494 e. The number of carboxylic acids is 1. The molecule has 2 aliphatic rings. The van der Waals surface area contributed by atoms with Crippen LogP contribution in [0.2, 0.25) is 0 Å². The third-order valence-electron chi connectivity index (χ3n) is 7.88. The fraction of sp³-hybridized carbons (Fsp3) is 0.438. The zero-order valence-corrected chi connectivity index (χ0v) is 25.4. The third-order valence-corrected chi connectivity index (χ3v) is 10.1. The van der Waals surface area contributed by atoms with Crippen molar-refractivity contribution in [3.05, 3.63) is 70.4 Å². The second-order valence-electron chi connectivity index (χ2n) is 10.8. The van der Waals surface area contributed by atoms with Gasteiger partial charge in [0.25, 0.3) is 0 Å². The zero-order chi connectivity index (χ0) is 29.1. The number of nitrogens with zero attached hydrogens (tertiary/aromatic N) is 1. The van der Waals surface area contributed by atoms with Gasteiger partial charge in [0, 0.05) is 35.1 Å². The predicted octanol–water partition coefficient (Wildman–Crippen LogP) is 6.42. The van der Waals surface area contributed by atoms with E-state index in [1.54, 1.807) is 18.0 Å². The molecule has 1 aliphatic carbocycles. The molecule has 0 fully saturated rings. The molecule has 9 heteroatoms. The second-order valence-corrected chi connectivity index (χ2v) is 14.2. The maximum Gasteiger partial charge on any atom is 0.303 e. The van der Waals surface area contributed by atoms with E-state index in [1.165, 1.54) is 39.6 Å². The highest BCUT2D eigenvalue weighted by atomic mass is 32.2. The molecule has 2 atom stereocenters. The summed E-state index contributed by atoms with van der Waals surface area (Å²) in [6, 6.07) is 12.6. The number of benzene rings is 2. The molecule has 0 saturated carbocycles. The van der Waals surface area contributed by atoms with Gasteiger partial charge in [-0.05, 0) is 83.2 Å². The molecule has 0 spiro atoms. The Bertz CT molecular complexity index is 1530. The van der Waals surface area contributed by atoms with Gasteiger partial charge in [0.05, 0.1) is 18.8 Å². The van der Waals surface area contributed by atoms with Gasteiger partial charge in [-0.3, -0.25) is 4.79 Å². The molecule has 1 aliphatic heterocycles. The first-order valence-electron chi connectivity index (χ1n) is 14.3. The second kappa shape index (κ2) is 12.4. The van der Waals surface area contributed by atoms with E-state index >= 15 is 0 Å². The molecule has 0 bridgehead atoms. The summed E-state index contributed by atoms with van der Waals surface area (Å²) in [6.45, 7) is 4.67. The van der Waals surface area contributed by atoms with Gasteiger partial charge < -0.3 is 14.6 Å². The van der Waals surface area contributed by atoms with Crippen molar-refractivity contribution in [3.8, 4) is 22.8 Å². The number of fused-ring (bicyclic) bond motifs is 2. The number of ether oxygens (including phenoxy) is 2. The lowest BCUT2D eigenvalue weighted by molar-refractivity contribution is -0.137. The molecule has 0 amide bonds. The molecule has 1 aromatic heterocycles. The van der Waals surface area contributed by atoms with E-state index in [0.29, 0.717) is 18.9 Å². The first kappa shape index (κ1) is 29.5. The Balaban J connectivity index is 1.38. The molecule has 0 saturated heterocycles. The maximum absolute atomic E-state index is 11.5. The van der Waals surface area contributed by atoms with E-state index < -0.39 is 15.8 Å². The van der Waals surface area contributed by atoms with Crippen LogP contribution in [0.4, 0.5) is 0 Å². The first-order chi connectivity index (χ1) is 19.7. The van der Waals surface area contributed by atoms with Gasteiger partial charge in [0.1, 0.15) is 21.7 Å². The highest BCUT2D eigenvalue weighted by Crippen LogP contribution is 2.45. The molecule has 218 valence electrons. The van der Waals surface area contributed by atoms with Crippen LogP contribution in [0.5, 0.6) is 11.6 Å². The van der Waals surface area contributed by atoms with Crippen molar-refractivity contribution in [2.75, 3.05) is 24.4 Å². The zero-order valence-electron chi connectivity index (χ0n) is 23.8.